The largest absolute Gasteiger partial charge is 0.395 e. The number of hydrogen-bond acceptors (Lipinski definition) is 4. The summed E-state index contributed by atoms with van der Waals surface area (Å²) in [7, 11) is 0. The van der Waals surface area contributed by atoms with Crippen molar-refractivity contribution < 1.29 is 5.11 Å². The average Bonchev–Trinajstić information content (AvgIpc) is 2.88. The molecule has 0 aliphatic carbocycles. The van der Waals surface area contributed by atoms with Crippen LogP contribution in [0.5, 0.6) is 0 Å². The lowest BCUT2D eigenvalue weighted by Crippen LogP contribution is -2.02. The summed E-state index contributed by atoms with van der Waals surface area (Å²) < 4.78 is 1.89. The predicted octanol–water partition coefficient (Wildman–Crippen LogP) is 1.74. The van der Waals surface area contributed by atoms with Crippen LogP contribution in [0.2, 0.25) is 0 Å². The van der Waals surface area contributed by atoms with Crippen molar-refractivity contribution in [3.8, 4) is 11.8 Å². The first kappa shape index (κ1) is 12.8. The summed E-state index contributed by atoms with van der Waals surface area (Å²) in [6.45, 7) is 4.70. The number of aliphatic hydroxyl groups excluding tert-OH is 1. The lowest BCUT2D eigenvalue weighted by molar-refractivity contribution is 0.305. The van der Waals surface area contributed by atoms with E-state index in [2.05, 4.69) is 28.0 Å². The van der Waals surface area contributed by atoms with Crippen LogP contribution in [0.25, 0.3) is 0 Å². The van der Waals surface area contributed by atoms with E-state index >= 15 is 0 Å². The van der Waals surface area contributed by atoms with E-state index in [-0.39, 0.29) is 6.61 Å². The van der Waals surface area contributed by atoms with Crippen molar-refractivity contribution in [2.24, 2.45) is 0 Å². The second kappa shape index (κ2) is 5.80. The van der Waals surface area contributed by atoms with Crippen LogP contribution in [0.4, 0.5) is 0 Å². The third-order valence-electron chi connectivity index (χ3n) is 2.38. The van der Waals surface area contributed by atoms with Gasteiger partial charge >= 0.3 is 0 Å². The zero-order chi connectivity index (χ0) is 13.0. The molecule has 0 unspecified atom stereocenters. The van der Waals surface area contributed by atoms with Crippen molar-refractivity contribution in [1.29, 1.82) is 0 Å². The van der Waals surface area contributed by atoms with Gasteiger partial charge in [0.1, 0.15) is 11.6 Å². The molecule has 4 nitrogen and oxygen atoms in total. The number of thiophene rings is 1. The molecule has 5 heteroatoms. The third kappa shape index (κ3) is 3.19. The highest BCUT2D eigenvalue weighted by atomic mass is 32.1. The van der Waals surface area contributed by atoms with Gasteiger partial charge in [-0.25, -0.2) is 9.67 Å². The Hall–Kier alpha value is -1.64. The van der Waals surface area contributed by atoms with Gasteiger partial charge in [0.25, 0.3) is 0 Å². The number of nitrogens with zero attached hydrogens (tertiary/aromatic N) is 3. The predicted molar refractivity (Wildman–Crippen MR) is 71.5 cm³/mol. The van der Waals surface area contributed by atoms with E-state index in [0.717, 1.165) is 23.1 Å². The van der Waals surface area contributed by atoms with Crippen molar-refractivity contribution >= 4 is 11.3 Å². The number of aliphatic hydroxyl groups is 1. The minimum atomic E-state index is 0.114. The van der Waals surface area contributed by atoms with Gasteiger partial charge in [0, 0.05) is 11.3 Å². The Balaban J connectivity index is 2.07. The number of rotatable bonds is 3. The van der Waals surface area contributed by atoms with Crippen LogP contribution in [0.1, 0.15) is 27.8 Å². The van der Waals surface area contributed by atoms with Gasteiger partial charge in [-0.1, -0.05) is 11.8 Å². The van der Waals surface area contributed by atoms with Crippen LogP contribution in [0.3, 0.4) is 0 Å². The minimum absolute atomic E-state index is 0.114. The Morgan fingerprint density at radius 1 is 1.39 bits per heavy atom. The molecule has 94 valence electrons. The van der Waals surface area contributed by atoms with Crippen molar-refractivity contribution in [2.75, 3.05) is 6.61 Å². The van der Waals surface area contributed by atoms with Crippen LogP contribution in [-0.4, -0.2) is 26.5 Å². The zero-order valence-electron chi connectivity index (χ0n) is 10.5. The van der Waals surface area contributed by atoms with Crippen molar-refractivity contribution in [2.45, 2.75) is 26.8 Å². The van der Waals surface area contributed by atoms with Crippen LogP contribution in [0.15, 0.2) is 12.1 Å². The average molecular weight is 261 g/mol. The van der Waals surface area contributed by atoms with Crippen LogP contribution < -0.4 is 0 Å². The molecule has 1 N–H and O–H groups in total. The summed E-state index contributed by atoms with van der Waals surface area (Å²) in [5.41, 5.74) is 0. The maximum atomic E-state index is 8.66. The number of aromatic nitrogens is 3. The Morgan fingerprint density at radius 2 is 2.22 bits per heavy atom. The second-order valence-electron chi connectivity index (χ2n) is 3.91. The lowest BCUT2D eigenvalue weighted by Gasteiger charge is -1.99. The van der Waals surface area contributed by atoms with Gasteiger partial charge in [-0.15, -0.1) is 11.3 Å². The Bertz CT molecular complexity index is 589. The van der Waals surface area contributed by atoms with Crippen molar-refractivity contribution in [1.82, 2.24) is 14.8 Å². The van der Waals surface area contributed by atoms with Gasteiger partial charge in [-0.2, -0.15) is 5.10 Å². The molecule has 0 amide bonds. The van der Waals surface area contributed by atoms with Gasteiger partial charge in [0.2, 0.25) is 0 Å². The fourth-order valence-corrected chi connectivity index (χ4v) is 2.46. The first-order chi connectivity index (χ1) is 8.69. The van der Waals surface area contributed by atoms with Crippen LogP contribution >= 0.6 is 11.3 Å². The highest BCUT2D eigenvalue weighted by Gasteiger charge is 2.05. The highest BCUT2D eigenvalue weighted by Crippen LogP contribution is 2.17. The molecule has 2 aromatic rings. The number of aryl methyl sites for hydroxylation is 2. The van der Waals surface area contributed by atoms with Crippen LogP contribution in [0, 0.1) is 25.7 Å². The quantitative estimate of drug-likeness (QED) is 0.856. The monoisotopic (exact) mass is 261 g/mol. The molecule has 0 fully saturated rings. The molecule has 0 aromatic carbocycles. The Labute approximate surface area is 110 Å². The summed E-state index contributed by atoms with van der Waals surface area (Å²) in [5.74, 6) is 7.68. The summed E-state index contributed by atoms with van der Waals surface area (Å²) >= 11 is 1.65. The van der Waals surface area contributed by atoms with E-state index in [0.29, 0.717) is 6.42 Å². The molecule has 2 rings (SSSR count). The molecule has 0 aliphatic rings. The fraction of sp³-hybridized carbons (Fsp3) is 0.385. The minimum Gasteiger partial charge on any atom is -0.395 e. The molecular formula is C13H15N3OS. The maximum absolute atomic E-state index is 8.66. The van der Waals surface area contributed by atoms with Gasteiger partial charge in [-0.05, 0) is 26.0 Å². The summed E-state index contributed by atoms with van der Waals surface area (Å²) in [6.07, 6.45) is 0.522. The van der Waals surface area contributed by atoms with Gasteiger partial charge in [0.05, 0.1) is 18.0 Å². The summed E-state index contributed by atoms with van der Waals surface area (Å²) in [5, 5.41) is 13.0. The molecular weight excluding hydrogens is 246 g/mol. The Morgan fingerprint density at radius 3 is 2.89 bits per heavy atom. The van der Waals surface area contributed by atoms with Crippen molar-refractivity contribution in [3.63, 3.8) is 0 Å². The van der Waals surface area contributed by atoms with Crippen molar-refractivity contribution in [3.05, 3.63) is 33.5 Å². The Kier molecular flexibility index (Phi) is 4.13. The number of hydrogen-bond donors (Lipinski definition) is 1. The topological polar surface area (TPSA) is 50.9 Å². The molecule has 0 saturated heterocycles. The van der Waals surface area contributed by atoms with E-state index in [9.17, 15) is 0 Å². The summed E-state index contributed by atoms with van der Waals surface area (Å²) in [6, 6.07) is 4.06. The molecule has 0 spiro atoms. The normalized spacial score (nSPS) is 10.2. The van der Waals surface area contributed by atoms with E-state index in [1.807, 2.05) is 24.6 Å². The maximum Gasteiger partial charge on any atom is 0.147 e. The standard InChI is InChI=1S/C13H15N3OS/c1-10-14-11(2)16(15-10)9-13-7-6-12(18-13)5-3-4-8-17/h6-7,17H,4,8-9H2,1-2H3. The lowest BCUT2D eigenvalue weighted by atomic mass is 10.4. The second-order valence-corrected chi connectivity index (χ2v) is 5.07. The SMILES string of the molecule is Cc1nc(C)n(Cc2ccc(C#CCCO)s2)n1. The van der Waals surface area contributed by atoms with Gasteiger partial charge in [0.15, 0.2) is 0 Å². The molecule has 0 radical (unpaired) electrons. The van der Waals surface area contributed by atoms with E-state index in [4.69, 9.17) is 5.11 Å². The summed E-state index contributed by atoms with van der Waals surface area (Å²) in [4.78, 5) is 6.50. The first-order valence-electron chi connectivity index (χ1n) is 5.75. The molecule has 0 aliphatic heterocycles. The first-order valence-corrected chi connectivity index (χ1v) is 6.57. The van der Waals surface area contributed by atoms with E-state index in [1.54, 1.807) is 11.3 Å². The molecule has 0 bridgehead atoms. The van der Waals surface area contributed by atoms with Gasteiger partial charge < -0.3 is 5.11 Å². The molecule has 18 heavy (non-hydrogen) atoms. The molecule has 2 heterocycles. The van der Waals surface area contributed by atoms with Crippen LogP contribution in [-0.2, 0) is 6.54 Å². The van der Waals surface area contributed by atoms with E-state index in [1.165, 1.54) is 4.88 Å². The zero-order valence-corrected chi connectivity index (χ0v) is 11.3. The molecule has 0 saturated carbocycles. The highest BCUT2D eigenvalue weighted by molar-refractivity contribution is 7.12. The molecule has 0 atom stereocenters. The third-order valence-corrected chi connectivity index (χ3v) is 3.36. The fourth-order valence-electron chi connectivity index (χ4n) is 1.59. The van der Waals surface area contributed by atoms with Gasteiger partial charge in [-0.3, -0.25) is 0 Å². The smallest absolute Gasteiger partial charge is 0.147 e. The molecule has 2 aromatic heterocycles. The van der Waals surface area contributed by atoms with E-state index < -0.39 is 0 Å².